The highest BCUT2D eigenvalue weighted by Crippen LogP contribution is 2.26. The lowest BCUT2D eigenvalue weighted by Crippen LogP contribution is -2.25. The summed E-state index contributed by atoms with van der Waals surface area (Å²) in [5.41, 5.74) is 1.78. The Bertz CT molecular complexity index is 629. The van der Waals surface area contributed by atoms with Crippen LogP contribution in [0.25, 0.3) is 0 Å². The van der Waals surface area contributed by atoms with Crippen LogP contribution in [0.4, 0.5) is 0 Å². The van der Waals surface area contributed by atoms with E-state index >= 15 is 0 Å². The second kappa shape index (κ2) is 9.70. The van der Waals surface area contributed by atoms with Crippen molar-refractivity contribution in [3.05, 3.63) is 45.9 Å². The van der Waals surface area contributed by atoms with Gasteiger partial charge < -0.3 is 10.1 Å². The fraction of sp³-hybridized carbons (Fsp3) is 0.412. The Labute approximate surface area is 145 Å². The summed E-state index contributed by atoms with van der Waals surface area (Å²) in [5.74, 6) is 0.748. The van der Waals surface area contributed by atoms with E-state index in [0.717, 1.165) is 33.3 Å². The summed E-state index contributed by atoms with van der Waals surface area (Å²) in [6, 6.07) is 7.71. The fourth-order valence-corrected chi connectivity index (χ4v) is 3.68. The molecular formula is C17H22N2O2S2. The van der Waals surface area contributed by atoms with E-state index in [9.17, 15) is 4.79 Å². The number of rotatable bonds is 9. The van der Waals surface area contributed by atoms with Gasteiger partial charge in [0.1, 0.15) is 0 Å². The highest BCUT2D eigenvalue weighted by atomic mass is 32.2. The van der Waals surface area contributed by atoms with Crippen LogP contribution in [0.2, 0.25) is 0 Å². The lowest BCUT2D eigenvalue weighted by molar-refractivity contribution is 0.0941. The van der Waals surface area contributed by atoms with Crippen LogP contribution in [0.3, 0.4) is 0 Å². The van der Waals surface area contributed by atoms with E-state index in [1.807, 2.05) is 38.1 Å². The maximum Gasteiger partial charge on any atom is 0.252 e. The molecule has 1 aromatic heterocycles. The number of carbonyl (C=O) groups is 1. The van der Waals surface area contributed by atoms with Crippen molar-refractivity contribution >= 4 is 29.0 Å². The maximum absolute atomic E-state index is 12.3. The third-order valence-corrected chi connectivity index (χ3v) is 5.06. The molecule has 0 saturated heterocycles. The molecule has 2 rings (SSSR count). The molecule has 0 spiro atoms. The molecule has 1 heterocycles. The lowest BCUT2D eigenvalue weighted by atomic mass is 10.2. The van der Waals surface area contributed by atoms with Crippen LogP contribution < -0.4 is 5.32 Å². The zero-order chi connectivity index (χ0) is 16.5. The summed E-state index contributed by atoms with van der Waals surface area (Å²) in [6.45, 7) is 5.99. The minimum atomic E-state index is -0.0287. The maximum atomic E-state index is 12.3. The number of aryl methyl sites for hydroxylation is 1. The predicted octanol–water partition coefficient (Wildman–Crippen LogP) is 3.90. The van der Waals surface area contributed by atoms with Crippen LogP contribution in [0.1, 0.15) is 34.4 Å². The number of thiazole rings is 1. The molecule has 0 bridgehead atoms. The molecular weight excluding hydrogens is 328 g/mol. The van der Waals surface area contributed by atoms with Crippen molar-refractivity contribution < 1.29 is 9.53 Å². The number of thioether (sulfide) groups is 1. The molecule has 1 N–H and O–H groups in total. The van der Waals surface area contributed by atoms with Gasteiger partial charge in [-0.1, -0.05) is 12.1 Å². The topological polar surface area (TPSA) is 51.2 Å². The van der Waals surface area contributed by atoms with Gasteiger partial charge in [0.25, 0.3) is 5.91 Å². The van der Waals surface area contributed by atoms with Gasteiger partial charge in [0, 0.05) is 35.8 Å². The Balaban J connectivity index is 1.89. The predicted molar refractivity (Wildman–Crippen MR) is 96.3 cm³/mol. The van der Waals surface area contributed by atoms with E-state index in [-0.39, 0.29) is 5.91 Å². The van der Waals surface area contributed by atoms with Crippen molar-refractivity contribution in [2.24, 2.45) is 0 Å². The van der Waals surface area contributed by atoms with E-state index < -0.39 is 0 Å². The molecule has 6 heteroatoms. The van der Waals surface area contributed by atoms with Gasteiger partial charge in [-0.3, -0.25) is 4.79 Å². The fourth-order valence-electron chi connectivity index (χ4n) is 2.02. The van der Waals surface area contributed by atoms with Crippen molar-refractivity contribution in [1.82, 2.24) is 10.3 Å². The Morgan fingerprint density at radius 1 is 1.39 bits per heavy atom. The molecule has 0 radical (unpaired) electrons. The first-order valence-corrected chi connectivity index (χ1v) is 9.56. The molecule has 2 aromatic rings. The quantitative estimate of drug-likeness (QED) is 0.550. The van der Waals surface area contributed by atoms with Crippen molar-refractivity contribution in [1.29, 1.82) is 0 Å². The number of hydrogen-bond donors (Lipinski definition) is 1. The van der Waals surface area contributed by atoms with Crippen molar-refractivity contribution in [3.63, 3.8) is 0 Å². The molecule has 1 amide bonds. The molecule has 23 heavy (non-hydrogen) atoms. The highest BCUT2D eigenvalue weighted by Gasteiger charge is 2.11. The largest absolute Gasteiger partial charge is 0.382 e. The first-order valence-electron chi connectivity index (χ1n) is 7.69. The number of nitrogens with one attached hydrogen (secondary N) is 1. The zero-order valence-electron chi connectivity index (χ0n) is 13.5. The molecule has 0 fully saturated rings. The minimum Gasteiger partial charge on any atom is -0.382 e. The van der Waals surface area contributed by atoms with E-state index in [1.54, 1.807) is 23.1 Å². The zero-order valence-corrected chi connectivity index (χ0v) is 15.1. The van der Waals surface area contributed by atoms with Crippen LogP contribution in [-0.4, -0.2) is 30.6 Å². The normalized spacial score (nSPS) is 10.7. The summed E-state index contributed by atoms with van der Waals surface area (Å²) in [6.07, 6.45) is 0.826. The second-order valence-electron chi connectivity index (χ2n) is 4.95. The lowest BCUT2D eigenvalue weighted by Gasteiger charge is -2.09. The van der Waals surface area contributed by atoms with Crippen molar-refractivity contribution in [2.75, 3.05) is 19.8 Å². The number of amides is 1. The van der Waals surface area contributed by atoms with Gasteiger partial charge in [0.2, 0.25) is 0 Å². The summed E-state index contributed by atoms with van der Waals surface area (Å²) >= 11 is 3.30. The molecule has 0 aliphatic heterocycles. The Morgan fingerprint density at radius 2 is 2.22 bits per heavy atom. The Kier molecular flexibility index (Phi) is 7.58. The Morgan fingerprint density at radius 3 is 2.96 bits per heavy atom. The number of ether oxygens (including phenoxy) is 1. The van der Waals surface area contributed by atoms with Gasteiger partial charge in [0.05, 0.1) is 16.3 Å². The first kappa shape index (κ1) is 18.0. The minimum absolute atomic E-state index is 0.0287. The number of benzene rings is 1. The monoisotopic (exact) mass is 350 g/mol. The average Bonchev–Trinajstić information content (AvgIpc) is 2.98. The molecule has 0 aliphatic rings. The standard InChI is InChI=1S/C17H22N2O2S2/c1-3-21-10-6-9-18-17(20)15-7-4-5-8-16(15)23-12-14-11-22-13(2)19-14/h4-5,7-8,11H,3,6,9-10,12H2,1-2H3,(H,18,20). The highest BCUT2D eigenvalue weighted by molar-refractivity contribution is 7.98. The molecule has 0 unspecified atom stereocenters. The number of nitrogens with zero attached hydrogens (tertiary/aromatic N) is 1. The molecule has 0 aliphatic carbocycles. The van der Waals surface area contributed by atoms with Gasteiger partial charge in [-0.2, -0.15) is 0 Å². The van der Waals surface area contributed by atoms with E-state index in [2.05, 4.69) is 15.7 Å². The van der Waals surface area contributed by atoms with Crippen LogP contribution in [-0.2, 0) is 10.5 Å². The van der Waals surface area contributed by atoms with Crippen LogP contribution in [0.5, 0.6) is 0 Å². The number of hydrogen-bond acceptors (Lipinski definition) is 5. The van der Waals surface area contributed by atoms with Crippen LogP contribution >= 0.6 is 23.1 Å². The molecule has 4 nitrogen and oxygen atoms in total. The van der Waals surface area contributed by atoms with Gasteiger partial charge in [-0.15, -0.1) is 23.1 Å². The second-order valence-corrected chi connectivity index (χ2v) is 7.03. The van der Waals surface area contributed by atoms with Crippen LogP contribution in [0, 0.1) is 6.92 Å². The van der Waals surface area contributed by atoms with Crippen molar-refractivity contribution in [2.45, 2.75) is 30.9 Å². The van der Waals surface area contributed by atoms with Gasteiger partial charge in [-0.05, 0) is 32.4 Å². The van der Waals surface area contributed by atoms with Crippen LogP contribution in [0.15, 0.2) is 34.5 Å². The van der Waals surface area contributed by atoms with Crippen molar-refractivity contribution in [3.8, 4) is 0 Å². The van der Waals surface area contributed by atoms with Gasteiger partial charge in [-0.25, -0.2) is 4.98 Å². The molecule has 1 aromatic carbocycles. The summed E-state index contributed by atoms with van der Waals surface area (Å²) in [4.78, 5) is 17.8. The summed E-state index contributed by atoms with van der Waals surface area (Å²) < 4.78 is 5.27. The third-order valence-electron chi connectivity index (χ3n) is 3.13. The van der Waals surface area contributed by atoms with E-state index in [0.29, 0.717) is 19.8 Å². The molecule has 0 atom stereocenters. The van der Waals surface area contributed by atoms with E-state index in [1.165, 1.54) is 0 Å². The third kappa shape index (κ3) is 5.97. The number of carbonyl (C=O) groups excluding carboxylic acids is 1. The van der Waals surface area contributed by atoms with E-state index in [4.69, 9.17) is 4.74 Å². The first-order chi connectivity index (χ1) is 11.2. The summed E-state index contributed by atoms with van der Waals surface area (Å²) in [7, 11) is 0. The van der Waals surface area contributed by atoms with Gasteiger partial charge >= 0.3 is 0 Å². The SMILES string of the molecule is CCOCCCNC(=O)c1ccccc1SCc1csc(C)n1. The Hall–Kier alpha value is -1.37. The average molecular weight is 351 g/mol. The summed E-state index contributed by atoms with van der Waals surface area (Å²) in [5, 5.41) is 6.09. The molecule has 0 saturated carbocycles. The smallest absolute Gasteiger partial charge is 0.252 e. The number of aromatic nitrogens is 1. The molecule has 124 valence electrons. The van der Waals surface area contributed by atoms with Gasteiger partial charge in [0.15, 0.2) is 0 Å².